The lowest BCUT2D eigenvalue weighted by Crippen LogP contribution is -2.45. The number of nitrogens with zero attached hydrogens (tertiary/aromatic N) is 3. The van der Waals surface area contributed by atoms with Gasteiger partial charge in [-0.15, -0.1) is 0 Å². The molecule has 1 amide bonds. The summed E-state index contributed by atoms with van der Waals surface area (Å²) in [6.07, 6.45) is 4.47. The molecule has 170 valence electrons. The topological polar surface area (TPSA) is 83.0 Å². The van der Waals surface area contributed by atoms with E-state index in [0.717, 1.165) is 32.1 Å². The number of aryl methyl sites for hydroxylation is 1. The molecular formula is C25H31N3O4. The second-order valence-corrected chi connectivity index (χ2v) is 9.13. The number of likely N-dealkylation sites (tertiary alicyclic amines) is 1. The number of aliphatic carboxylic acids is 1. The molecule has 2 aromatic rings. The molecule has 1 atom stereocenters. The van der Waals surface area contributed by atoms with Crippen LogP contribution in [0.15, 0.2) is 48.7 Å². The standard InChI is InChI=1S/C25H31N3O4/c1-18-5-7-20(8-6-18)16-27-14-13-21(17-27)28(24(31)32-25(2,3)4)22-11-9-19(15-26-22)10-12-23(29)30/h5-12,15,21H,13-14,16-17H2,1-4H3,(H,29,30)/t21-/m1/s1. The van der Waals surface area contributed by atoms with Crippen LogP contribution >= 0.6 is 0 Å². The minimum Gasteiger partial charge on any atom is -0.478 e. The largest absolute Gasteiger partial charge is 0.478 e. The maximum absolute atomic E-state index is 13.1. The summed E-state index contributed by atoms with van der Waals surface area (Å²) in [5, 5.41) is 8.80. The lowest BCUT2D eigenvalue weighted by atomic mass is 10.1. The highest BCUT2D eigenvalue weighted by Crippen LogP contribution is 2.25. The van der Waals surface area contributed by atoms with Crippen LogP contribution in [0.2, 0.25) is 0 Å². The number of pyridine rings is 1. The number of amides is 1. The van der Waals surface area contributed by atoms with Crippen LogP contribution in [0.3, 0.4) is 0 Å². The number of hydrogen-bond acceptors (Lipinski definition) is 5. The molecule has 0 unspecified atom stereocenters. The number of carbonyl (C=O) groups is 2. The van der Waals surface area contributed by atoms with Crippen LogP contribution < -0.4 is 4.90 Å². The van der Waals surface area contributed by atoms with E-state index in [1.165, 1.54) is 17.2 Å². The quantitative estimate of drug-likeness (QED) is 0.670. The normalized spacial score (nSPS) is 16.9. The highest BCUT2D eigenvalue weighted by atomic mass is 16.6. The number of anilines is 1. The zero-order valence-electron chi connectivity index (χ0n) is 19.1. The molecule has 1 aromatic carbocycles. The zero-order chi connectivity index (χ0) is 23.3. The fraction of sp³-hybridized carbons (Fsp3) is 0.400. The smallest absolute Gasteiger partial charge is 0.416 e. The van der Waals surface area contributed by atoms with Crippen LogP contribution in [-0.2, 0) is 16.1 Å². The van der Waals surface area contributed by atoms with E-state index in [1.807, 2.05) is 20.8 Å². The molecule has 2 heterocycles. The van der Waals surface area contributed by atoms with Gasteiger partial charge in [-0.2, -0.15) is 0 Å². The third kappa shape index (κ3) is 6.65. The summed E-state index contributed by atoms with van der Waals surface area (Å²) in [5.74, 6) is -0.530. The van der Waals surface area contributed by atoms with Crippen LogP contribution in [0, 0.1) is 6.92 Å². The van der Waals surface area contributed by atoms with Gasteiger partial charge >= 0.3 is 12.1 Å². The number of benzene rings is 1. The minimum absolute atomic E-state index is 0.0665. The Morgan fingerprint density at radius 2 is 1.94 bits per heavy atom. The first kappa shape index (κ1) is 23.5. The Labute approximate surface area is 189 Å². The van der Waals surface area contributed by atoms with E-state index >= 15 is 0 Å². The first-order valence-electron chi connectivity index (χ1n) is 10.8. The molecule has 1 aliphatic rings. The van der Waals surface area contributed by atoms with Gasteiger partial charge in [0.15, 0.2) is 0 Å². The Hall–Kier alpha value is -3.19. The van der Waals surface area contributed by atoms with Gasteiger partial charge in [0, 0.05) is 31.9 Å². The van der Waals surface area contributed by atoms with E-state index in [1.54, 1.807) is 23.2 Å². The summed E-state index contributed by atoms with van der Waals surface area (Å²) >= 11 is 0. The maximum atomic E-state index is 13.1. The van der Waals surface area contributed by atoms with Crippen LogP contribution in [-0.4, -0.2) is 51.8 Å². The van der Waals surface area contributed by atoms with Crippen LogP contribution in [0.4, 0.5) is 10.6 Å². The van der Waals surface area contributed by atoms with Crippen LogP contribution in [0.1, 0.15) is 43.9 Å². The van der Waals surface area contributed by atoms with Crippen molar-refractivity contribution in [2.75, 3.05) is 18.0 Å². The number of carboxylic acids is 1. The molecule has 0 radical (unpaired) electrons. The van der Waals surface area contributed by atoms with Gasteiger partial charge in [0.25, 0.3) is 0 Å². The van der Waals surface area contributed by atoms with E-state index in [0.29, 0.717) is 11.4 Å². The average molecular weight is 438 g/mol. The van der Waals surface area contributed by atoms with E-state index < -0.39 is 17.7 Å². The second kappa shape index (κ2) is 9.96. The Bertz CT molecular complexity index is 962. The maximum Gasteiger partial charge on any atom is 0.416 e. The third-order valence-electron chi connectivity index (χ3n) is 5.17. The molecule has 7 heteroatoms. The van der Waals surface area contributed by atoms with Gasteiger partial charge in [-0.1, -0.05) is 29.8 Å². The molecule has 7 nitrogen and oxygen atoms in total. The van der Waals surface area contributed by atoms with Gasteiger partial charge in [0.1, 0.15) is 11.4 Å². The van der Waals surface area contributed by atoms with Crippen molar-refractivity contribution in [1.29, 1.82) is 0 Å². The monoisotopic (exact) mass is 437 g/mol. The summed E-state index contributed by atoms with van der Waals surface area (Å²) in [6.45, 7) is 10.0. The lowest BCUT2D eigenvalue weighted by molar-refractivity contribution is -0.131. The van der Waals surface area contributed by atoms with E-state index in [4.69, 9.17) is 9.84 Å². The summed E-state index contributed by atoms with van der Waals surface area (Å²) in [5.41, 5.74) is 2.50. The molecule has 1 aliphatic heterocycles. The molecule has 0 bridgehead atoms. The van der Waals surface area contributed by atoms with E-state index in [2.05, 4.69) is 41.1 Å². The van der Waals surface area contributed by atoms with Gasteiger partial charge in [0.05, 0.1) is 6.04 Å². The molecule has 0 saturated carbocycles. The number of hydrogen-bond donors (Lipinski definition) is 1. The zero-order valence-corrected chi connectivity index (χ0v) is 19.1. The van der Waals surface area contributed by atoms with Crippen molar-refractivity contribution in [2.45, 2.75) is 52.3 Å². The highest BCUT2D eigenvalue weighted by molar-refractivity contribution is 5.88. The third-order valence-corrected chi connectivity index (χ3v) is 5.17. The van der Waals surface area contributed by atoms with E-state index in [9.17, 15) is 9.59 Å². The molecule has 1 saturated heterocycles. The fourth-order valence-corrected chi connectivity index (χ4v) is 3.67. The Morgan fingerprint density at radius 1 is 1.22 bits per heavy atom. The van der Waals surface area contributed by atoms with Gasteiger partial charge in [-0.3, -0.25) is 9.80 Å². The Kier molecular flexibility index (Phi) is 7.30. The van der Waals surface area contributed by atoms with Crippen molar-refractivity contribution < 1.29 is 19.4 Å². The molecule has 32 heavy (non-hydrogen) atoms. The van der Waals surface area contributed by atoms with Crippen molar-refractivity contribution in [3.8, 4) is 0 Å². The number of carboxylic acid groups (broad SMARTS) is 1. The molecule has 0 aliphatic carbocycles. The molecular weight excluding hydrogens is 406 g/mol. The number of ether oxygens (including phenoxy) is 1. The molecule has 0 spiro atoms. The van der Waals surface area contributed by atoms with Crippen molar-refractivity contribution in [1.82, 2.24) is 9.88 Å². The number of rotatable bonds is 6. The summed E-state index contributed by atoms with van der Waals surface area (Å²) < 4.78 is 5.68. The predicted molar refractivity (Wildman–Crippen MR) is 124 cm³/mol. The Balaban J connectivity index is 1.78. The minimum atomic E-state index is -1.02. The number of carbonyl (C=O) groups excluding carboxylic acids is 1. The summed E-state index contributed by atoms with van der Waals surface area (Å²) in [6, 6.07) is 11.9. The van der Waals surface area contributed by atoms with Crippen molar-refractivity contribution in [2.24, 2.45) is 0 Å². The van der Waals surface area contributed by atoms with Gasteiger partial charge < -0.3 is 9.84 Å². The lowest BCUT2D eigenvalue weighted by Gasteiger charge is -2.31. The van der Waals surface area contributed by atoms with Gasteiger partial charge in [0.2, 0.25) is 0 Å². The van der Waals surface area contributed by atoms with Crippen molar-refractivity contribution >= 4 is 24.0 Å². The average Bonchev–Trinajstić information content (AvgIpc) is 3.16. The van der Waals surface area contributed by atoms with Crippen LogP contribution in [0.25, 0.3) is 6.08 Å². The SMILES string of the molecule is Cc1ccc(CN2CC[C@@H](N(C(=O)OC(C)(C)C)c3ccc(C=CC(=O)O)cn3)C2)cc1. The second-order valence-electron chi connectivity index (χ2n) is 9.13. The molecule has 1 aromatic heterocycles. The highest BCUT2D eigenvalue weighted by Gasteiger charge is 2.35. The van der Waals surface area contributed by atoms with E-state index in [-0.39, 0.29) is 6.04 Å². The first-order chi connectivity index (χ1) is 15.1. The fourth-order valence-electron chi connectivity index (χ4n) is 3.67. The van der Waals surface area contributed by atoms with Gasteiger partial charge in [-0.05, 0) is 63.5 Å². The summed E-state index contributed by atoms with van der Waals surface area (Å²) in [4.78, 5) is 32.2. The van der Waals surface area contributed by atoms with Crippen molar-refractivity contribution in [3.63, 3.8) is 0 Å². The Morgan fingerprint density at radius 3 is 2.53 bits per heavy atom. The van der Waals surface area contributed by atoms with Gasteiger partial charge in [-0.25, -0.2) is 14.6 Å². The molecule has 1 fully saturated rings. The molecule has 3 rings (SSSR count). The number of aromatic nitrogens is 1. The predicted octanol–water partition coefficient (Wildman–Crippen LogP) is 4.50. The van der Waals surface area contributed by atoms with Crippen LogP contribution in [0.5, 0.6) is 0 Å². The van der Waals surface area contributed by atoms with Crippen molar-refractivity contribution in [3.05, 3.63) is 65.4 Å². The first-order valence-corrected chi connectivity index (χ1v) is 10.8. The molecule has 1 N–H and O–H groups in total. The summed E-state index contributed by atoms with van der Waals surface area (Å²) in [7, 11) is 0.